The van der Waals surface area contributed by atoms with E-state index < -0.39 is 4.92 Å². The summed E-state index contributed by atoms with van der Waals surface area (Å²) < 4.78 is 11.0. The van der Waals surface area contributed by atoms with Crippen LogP contribution in [0.15, 0.2) is 52.9 Å². The first-order valence-electron chi connectivity index (χ1n) is 10.3. The molecule has 2 heterocycles. The topological polar surface area (TPSA) is 124 Å². The molecule has 0 unspecified atom stereocenters. The Kier molecular flexibility index (Phi) is 6.41. The number of carbonyl (C=O) groups excluding carboxylic acids is 1. The van der Waals surface area contributed by atoms with Gasteiger partial charge in [-0.2, -0.15) is 0 Å². The summed E-state index contributed by atoms with van der Waals surface area (Å²) in [6.07, 6.45) is 1.45. The van der Waals surface area contributed by atoms with E-state index in [2.05, 4.69) is 20.4 Å². The number of methoxy groups -OCH3 is 1. The maximum atomic E-state index is 12.7. The van der Waals surface area contributed by atoms with E-state index in [0.717, 1.165) is 25.9 Å². The molecule has 32 heavy (non-hydrogen) atoms. The van der Waals surface area contributed by atoms with Crippen LogP contribution in [0.5, 0.6) is 5.75 Å². The number of anilines is 1. The van der Waals surface area contributed by atoms with Crippen molar-refractivity contribution < 1.29 is 18.9 Å². The first kappa shape index (κ1) is 21.4. The quantitative estimate of drug-likeness (QED) is 0.440. The number of non-ortho nitro benzene ring substituents is 1. The van der Waals surface area contributed by atoms with Crippen LogP contribution in [0.4, 0.5) is 11.4 Å². The van der Waals surface area contributed by atoms with Gasteiger partial charge in [0.05, 0.1) is 24.3 Å². The Balaban J connectivity index is 1.30. The Morgan fingerprint density at radius 2 is 1.91 bits per heavy atom. The second kappa shape index (κ2) is 9.56. The number of aromatic nitrogens is 2. The van der Waals surface area contributed by atoms with E-state index in [9.17, 15) is 14.9 Å². The van der Waals surface area contributed by atoms with Crippen LogP contribution in [0.1, 0.15) is 18.7 Å². The number of hydrogen-bond donors (Lipinski definition) is 1. The van der Waals surface area contributed by atoms with Gasteiger partial charge in [0, 0.05) is 23.6 Å². The Labute approximate surface area is 184 Å². The molecule has 4 rings (SSSR count). The molecule has 0 atom stereocenters. The van der Waals surface area contributed by atoms with Crippen molar-refractivity contribution in [1.82, 2.24) is 15.1 Å². The highest BCUT2D eigenvalue weighted by Gasteiger charge is 2.26. The molecule has 3 aromatic rings. The van der Waals surface area contributed by atoms with Gasteiger partial charge in [-0.15, -0.1) is 10.2 Å². The molecule has 166 valence electrons. The van der Waals surface area contributed by atoms with Gasteiger partial charge in [0.15, 0.2) is 0 Å². The van der Waals surface area contributed by atoms with Crippen LogP contribution in [0, 0.1) is 16.0 Å². The Bertz CT molecular complexity index is 1090. The fourth-order valence-corrected chi connectivity index (χ4v) is 3.69. The van der Waals surface area contributed by atoms with Gasteiger partial charge in [-0.25, -0.2) is 0 Å². The first-order chi connectivity index (χ1) is 15.5. The van der Waals surface area contributed by atoms with Crippen molar-refractivity contribution in [3.8, 4) is 17.2 Å². The predicted octanol–water partition coefficient (Wildman–Crippen LogP) is 3.50. The van der Waals surface area contributed by atoms with Gasteiger partial charge < -0.3 is 14.5 Å². The zero-order valence-electron chi connectivity index (χ0n) is 17.6. The normalized spacial score (nSPS) is 14.8. The third-order valence-corrected chi connectivity index (χ3v) is 5.47. The van der Waals surface area contributed by atoms with Crippen molar-refractivity contribution in [2.24, 2.45) is 5.92 Å². The number of para-hydroxylation sites is 2. The summed E-state index contributed by atoms with van der Waals surface area (Å²) in [7, 11) is 1.58. The smallest absolute Gasteiger partial charge is 0.269 e. The number of piperidine rings is 1. The van der Waals surface area contributed by atoms with E-state index >= 15 is 0 Å². The number of carbonyl (C=O) groups is 1. The lowest BCUT2D eigenvalue weighted by Crippen LogP contribution is -2.37. The molecule has 2 aromatic carbocycles. The average Bonchev–Trinajstić information content (AvgIpc) is 3.28. The summed E-state index contributed by atoms with van der Waals surface area (Å²) >= 11 is 0. The minimum Gasteiger partial charge on any atom is -0.495 e. The number of amides is 1. The largest absolute Gasteiger partial charge is 0.495 e. The maximum Gasteiger partial charge on any atom is 0.269 e. The number of benzene rings is 2. The highest BCUT2D eigenvalue weighted by Crippen LogP contribution is 2.27. The van der Waals surface area contributed by atoms with Gasteiger partial charge in [0.25, 0.3) is 5.69 Å². The van der Waals surface area contributed by atoms with Gasteiger partial charge in [0.1, 0.15) is 5.75 Å². The Morgan fingerprint density at radius 3 is 2.59 bits per heavy atom. The molecule has 0 aliphatic carbocycles. The number of rotatable bonds is 7. The van der Waals surface area contributed by atoms with E-state index in [4.69, 9.17) is 9.15 Å². The van der Waals surface area contributed by atoms with Gasteiger partial charge in [0.2, 0.25) is 17.7 Å². The van der Waals surface area contributed by atoms with E-state index in [1.54, 1.807) is 19.2 Å². The average molecular weight is 437 g/mol. The molecule has 0 spiro atoms. The van der Waals surface area contributed by atoms with E-state index in [1.165, 1.54) is 12.1 Å². The summed E-state index contributed by atoms with van der Waals surface area (Å²) in [6.45, 7) is 1.96. The van der Waals surface area contributed by atoms with Crippen LogP contribution in [0.25, 0.3) is 11.5 Å². The maximum absolute atomic E-state index is 12.7. The van der Waals surface area contributed by atoms with Crippen LogP contribution >= 0.6 is 0 Å². The van der Waals surface area contributed by atoms with Crippen molar-refractivity contribution in [1.29, 1.82) is 0 Å². The molecule has 0 radical (unpaired) electrons. The summed E-state index contributed by atoms with van der Waals surface area (Å²) in [6, 6.07) is 13.3. The van der Waals surface area contributed by atoms with Gasteiger partial charge >= 0.3 is 0 Å². The molecule has 10 nitrogen and oxygen atoms in total. The van der Waals surface area contributed by atoms with Gasteiger partial charge in [-0.1, -0.05) is 12.1 Å². The minimum absolute atomic E-state index is 0.00565. The second-order valence-corrected chi connectivity index (χ2v) is 7.54. The van der Waals surface area contributed by atoms with E-state index in [-0.39, 0.29) is 17.5 Å². The van der Waals surface area contributed by atoms with Crippen LogP contribution in [-0.2, 0) is 11.3 Å². The number of nitrogens with one attached hydrogen (secondary N) is 1. The van der Waals surface area contributed by atoms with Crippen molar-refractivity contribution >= 4 is 17.3 Å². The first-order valence-corrected chi connectivity index (χ1v) is 10.3. The molecule has 1 aliphatic heterocycles. The van der Waals surface area contributed by atoms with E-state index in [0.29, 0.717) is 35.3 Å². The lowest BCUT2D eigenvalue weighted by atomic mass is 9.96. The SMILES string of the molecule is COc1ccccc1NC(=O)C1CCN(Cc2nnc(-c3ccc([N+](=O)[O-])cc3)o2)CC1. The third-order valence-electron chi connectivity index (χ3n) is 5.47. The fourth-order valence-electron chi connectivity index (χ4n) is 3.69. The van der Waals surface area contributed by atoms with Crippen LogP contribution < -0.4 is 10.1 Å². The zero-order valence-corrected chi connectivity index (χ0v) is 17.6. The Morgan fingerprint density at radius 1 is 1.19 bits per heavy atom. The zero-order chi connectivity index (χ0) is 22.5. The van der Waals surface area contributed by atoms with Gasteiger partial charge in [-0.05, 0) is 50.2 Å². The minimum atomic E-state index is -0.455. The van der Waals surface area contributed by atoms with Crippen molar-refractivity contribution in [2.45, 2.75) is 19.4 Å². The molecule has 0 bridgehead atoms. The lowest BCUT2D eigenvalue weighted by Gasteiger charge is -2.30. The van der Waals surface area contributed by atoms with Crippen LogP contribution in [0.3, 0.4) is 0 Å². The van der Waals surface area contributed by atoms with Crippen LogP contribution in [0.2, 0.25) is 0 Å². The monoisotopic (exact) mass is 437 g/mol. The van der Waals surface area contributed by atoms with Crippen molar-refractivity contribution in [3.05, 3.63) is 64.5 Å². The van der Waals surface area contributed by atoms with Crippen molar-refractivity contribution in [2.75, 3.05) is 25.5 Å². The molecule has 1 fully saturated rings. The standard InChI is InChI=1S/C22H23N5O5/c1-31-19-5-3-2-4-18(19)23-21(28)15-10-12-26(13-11-15)14-20-24-25-22(32-20)16-6-8-17(9-7-16)27(29)30/h2-9,15H,10-14H2,1H3,(H,23,28). The number of hydrogen-bond acceptors (Lipinski definition) is 8. The fraction of sp³-hybridized carbons (Fsp3) is 0.318. The molecular weight excluding hydrogens is 414 g/mol. The molecule has 0 saturated carbocycles. The molecule has 1 aliphatic rings. The summed E-state index contributed by atoms with van der Waals surface area (Å²) in [5, 5.41) is 21.9. The Hall–Kier alpha value is -3.79. The van der Waals surface area contributed by atoms with E-state index in [1.807, 2.05) is 24.3 Å². The highest BCUT2D eigenvalue weighted by atomic mass is 16.6. The number of nitro groups is 1. The predicted molar refractivity (Wildman–Crippen MR) is 116 cm³/mol. The molecule has 10 heteroatoms. The highest BCUT2D eigenvalue weighted by molar-refractivity contribution is 5.94. The molecular formula is C22H23N5O5. The van der Waals surface area contributed by atoms with Crippen LogP contribution in [-0.4, -0.2) is 46.1 Å². The number of nitrogens with zero attached hydrogens (tertiary/aromatic N) is 4. The second-order valence-electron chi connectivity index (χ2n) is 7.54. The summed E-state index contributed by atoms with van der Waals surface area (Å²) in [4.78, 5) is 25.1. The summed E-state index contributed by atoms with van der Waals surface area (Å²) in [5.41, 5.74) is 1.30. The van der Waals surface area contributed by atoms with Crippen molar-refractivity contribution in [3.63, 3.8) is 0 Å². The number of ether oxygens (including phenoxy) is 1. The molecule has 1 aromatic heterocycles. The third kappa shape index (κ3) is 4.92. The van der Waals surface area contributed by atoms with Gasteiger partial charge in [-0.3, -0.25) is 19.8 Å². The molecule has 1 N–H and O–H groups in total. The lowest BCUT2D eigenvalue weighted by molar-refractivity contribution is -0.384. The number of nitro benzene ring substituents is 1. The number of likely N-dealkylation sites (tertiary alicyclic amines) is 1. The molecule has 1 amide bonds. The summed E-state index contributed by atoms with van der Waals surface area (Å²) in [5.74, 6) is 1.34. The molecule has 1 saturated heterocycles.